The summed E-state index contributed by atoms with van der Waals surface area (Å²) in [6, 6.07) is 8.25. The van der Waals surface area contributed by atoms with Crippen molar-refractivity contribution in [2.45, 2.75) is 25.8 Å². The second kappa shape index (κ2) is 11.1. The number of nitrogens with zero attached hydrogens (tertiary/aromatic N) is 3. The van der Waals surface area contributed by atoms with Gasteiger partial charge < -0.3 is 23.7 Å². The van der Waals surface area contributed by atoms with E-state index in [0.717, 1.165) is 30.6 Å². The summed E-state index contributed by atoms with van der Waals surface area (Å²) in [7, 11) is 4.71. The van der Waals surface area contributed by atoms with E-state index >= 15 is 0 Å². The van der Waals surface area contributed by atoms with Gasteiger partial charge in [-0.3, -0.25) is 4.79 Å². The molecule has 2 heterocycles. The summed E-state index contributed by atoms with van der Waals surface area (Å²) in [5, 5.41) is 2.05. The highest BCUT2D eigenvalue weighted by atomic mass is 35.5. The van der Waals surface area contributed by atoms with Crippen LogP contribution in [0.3, 0.4) is 0 Å². The standard InChI is InChI=1S/C25H27ClFN3O4S/c1-32-21-12-16(13-22(33-2)24(21)34-3)20-15-35-25(28-17-7-8-18(26)19(27)14-17)30(20)11-5-10-29-9-4-6-23(29)31/h7-8,12-15H,4-6,9-11H2,1-3H3. The number of amides is 1. The highest BCUT2D eigenvalue weighted by molar-refractivity contribution is 7.07. The first-order valence-corrected chi connectivity index (χ1v) is 12.5. The highest BCUT2D eigenvalue weighted by Gasteiger charge is 2.20. The van der Waals surface area contributed by atoms with Crippen LogP contribution in [-0.2, 0) is 11.3 Å². The van der Waals surface area contributed by atoms with Gasteiger partial charge in [0.2, 0.25) is 11.7 Å². The lowest BCUT2D eigenvalue weighted by atomic mass is 10.1. The zero-order valence-corrected chi connectivity index (χ0v) is 21.4. The fourth-order valence-electron chi connectivity index (χ4n) is 4.12. The topological polar surface area (TPSA) is 65.3 Å². The molecule has 0 saturated carbocycles. The highest BCUT2D eigenvalue weighted by Crippen LogP contribution is 2.41. The van der Waals surface area contributed by atoms with Crippen LogP contribution in [0.1, 0.15) is 19.3 Å². The Morgan fingerprint density at radius 2 is 1.83 bits per heavy atom. The minimum Gasteiger partial charge on any atom is -0.493 e. The van der Waals surface area contributed by atoms with E-state index in [1.165, 1.54) is 23.5 Å². The summed E-state index contributed by atoms with van der Waals surface area (Å²) >= 11 is 7.28. The van der Waals surface area contributed by atoms with Gasteiger partial charge in [-0.1, -0.05) is 11.6 Å². The van der Waals surface area contributed by atoms with Crippen LogP contribution < -0.4 is 19.0 Å². The second-order valence-corrected chi connectivity index (χ2v) is 9.26. The van der Waals surface area contributed by atoms with Crippen molar-refractivity contribution in [2.24, 2.45) is 4.99 Å². The molecule has 1 aliphatic rings. The number of halogens is 2. The van der Waals surface area contributed by atoms with Crippen molar-refractivity contribution in [3.05, 3.63) is 51.4 Å². The number of hydrogen-bond acceptors (Lipinski definition) is 6. The van der Waals surface area contributed by atoms with Gasteiger partial charge >= 0.3 is 0 Å². The SMILES string of the molecule is COc1cc(-c2csc(=Nc3ccc(Cl)c(F)c3)n2CCCN2CCCC2=O)cc(OC)c1OC. The summed E-state index contributed by atoms with van der Waals surface area (Å²) in [6.45, 7) is 2.09. The predicted molar refractivity (Wildman–Crippen MR) is 134 cm³/mol. The Bertz CT molecular complexity index is 1260. The van der Waals surface area contributed by atoms with Crippen LogP contribution >= 0.6 is 22.9 Å². The van der Waals surface area contributed by atoms with Crippen LogP contribution in [0.25, 0.3) is 11.3 Å². The van der Waals surface area contributed by atoms with E-state index in [-0.39, 0.29) is 10.9 Å². The Morgan fingerprint density at radius 1 is 1.09 bits per heavy atom. The lowest BCUT2D eigenvalue weighted by Crippen LogP contribution is -2.27. The van der Waals surface area contributed by atoms with Crippen LogP contribution in [0.2, 0.25) is 5.02 Å². The zero-order chi connectivity index (χ0) is 24.9. The number of aromatic nitrogens is 1. The smallest absolute Gasteiger partial charge is 0.222 e. The van der Waals surface area contributed by atoms with Gasteiger partial charge in [0, 0.05) is 43.1 Å². The molecule has 0 bridgehead atoms. The van der Waals surface area contributed by atoms with E-state index in [0.29, 0.717) is 47.2 Å². The number of benzene rings is 2. The van der Waals surface area contributed by atoms with Crippen molar-refractivity contribution in [1.29, 1.82) is 0 Å². The summed E-state index contributed by atoms with van der Waals surface area (Å²) < 4.78 is 32.6. The van der Waals surface area contributed by atoms with Gasteiger partial charge in [0.1, 0.15) is 5.82 Å². The van der Waals surface area contributed by atoms with E-state index < -0.39 is 5.82 Å². The number of carbonyl (C=O) groups is 1. The van der Waals surface area contributed by atoms with Gasteiger partial charge in [-0.15, -0.1) is 11.3 Å². The quantitative estimate of drug-likeness (QED) is 0.386. The number of likely N-dealkylation sites (tertiary alicyclic amines) is 1. The molecular formula is C25H27ClFN3O4S. The zero-order valence-electron chi connectivity index (χ0n) is 19.8. The number of ether oxygens (including phenoxy) is 3. The molecule has 1 amide bonds. The summed E-state index contributed by atoms with van der Waals surface area (Å²) in [6.07, 6.45) is 2.27. The molecular weight excluding hydrogens is 493 g/mol. The lowest BCUT2D eigenvalue weighted by molar-refractivity contribution is -0.127. The molecule has 4 rings (SSSR count). The van der Waals surface area contributed by atoms with E-state index in [2.05, 4.69) is 9.56 Å². The molecule has 1 aliphatic heterocycles. The molecule has 1 aromatic heterocycles. The van der Waals surface area contributed by atoms with Crippen molar-refractivity contribution < 1.29 is 23.4 Å². The Hall–Kier alpha value is -3.04. The molecule has 186 valence electrons. The van der Waals surface area contributed by atoms with Gasteiger partial charge in [0.25, 0.3) is 0 Å². The van der Waals surface area contributed by atoms with Crippen molar-refractivity contribution in [3.63, 3.8) is 0 Å². The molecule has 10 heteroatoms. The fourth-order valence-corrected chi connectivity index (χ4v) is 5.19. The van der Waals surface area contributed by atoms with Gasteiger partial charge in [-0.05, 0) is 37.1 Å². The maximum atomic E-state index is 14.0. The maximum Gasteiger partial charge on any atom is 0.222 e. The molecule has 35 heavy (non-hydrogen) atoms. The van der Waals surface area contributed by atoms with Gasteiger partial charge in [0.15, 0.2) is 16.3 Å². The van der Waals surface area contributed by atoms with Crippen molar-refractivity contribution in [2.75, 3.05) is 34.4 Å². The number of carbonyl (C=O) groups excluding carboxylic acids is 1. The molecule has 0 radical (unpaired) electrons. The Balaban J connectivity index is 1.76. The van der Waals surface area contributed by atoms with Gasteiger partial charge in [-0.25, -0.2) is 9.38 Å². The van der Waals surface area contributed by atoms with E-state index in [1.54, 1.807) is 27.4 Å². The molecule has 0 aliphatic carbocycles. The normalized spacial score (nSPS) is 14.0. The first-order chi connectivity index (χ1) is 16.9. The minimum atomic E-state index is -0.520. The third-order valence-electron chi connectivity index (χ3n) is 5.87. The molecule has 0 atom stereocenters. The summed E-state index contributed by atoms with van der Waals surface area (Å²) in [4.78, 5) is 19.3. The summed E-state index contributed by atoms with van der Waals surface area (Å²) in [5.74, 6) is 1.27. The first kappa shape index (κ1) is 25.1. The number of rotatable bonds is 9. The second-order valence-electron chi connectivity index (χ2n) is 8.02. The van der Waals surface area contributed by atoms with Crippen molar-refractivity contribution in [3.8, 4) is 28.5 Å². The average Bonchev–Trinajstić information content (AvgIpc) is 3.46. The Morgan fingerprint density at radius 3 is 2.43 bits per heavy atom. The number of hydrogen-bond donors (Lipinski definition) is 0. The molecule has 1 fully saturated rings. The Labute approximate surface area is 212 Å². The average molecular weight is 520 g/mol. The van der Waals surface area contributed by atoms with Gasteiger partial charge in [0.05, 0.1) is 37.7 Å². The van der Waals surface area contributed by atoms with Gasteiger partial charge in [-0.2, -0.15) is 0 Å². The van der Waals surface area contributed by atoms with Crippen LogP contribution in [0, 0.1) is 5.82 Å². The van der Waals surface area contributed by atoms with Crippen molar-refractivity contribution >= 4 is 34.5 Å². The predicted octanol–water partition coefficient (Wildman–Crippen LogP) is 5.28. The fraction of sp³-hybridized carbons (Fsp3) is 0.360. The molecule has 0 unspecified atom stereocenters. The number of thiazole rings is 1. The largest absolute Gasteiger partial charge is 0.493 e. The molecule has 0 spiro atoms. The number of methoxy groups -OCH3 is 3. The van der Waals surface area contributed by atoms with Crippen LogP contribution in [0.5, 0.6) is 17.2 Å². The van der Waals surface area contributed by atoms with E-state index in [1.807, 2.05) is 22.4 Å². The summed E-state index contributed by atoms with van der Waals surface area (Å²) in [5.41, 5.74) is 2.22. The monoisotopic (exact) mass is 519 g/mol. The van der Waals surface area contributed by atoms with Crippen LogP contribution in [0.4, 0.5) is 10.1 Å². The van der Waals surface area contributed by atoms with Crippen molar-refractivity contribution in [1.82, 2.24) is 9.47 Å². The van der Waals surface area contributed by atoms with Crippen LogP contribution in [0.15, 0.2) is 40.7 Å². The Kier molecular flexibility index (Phi) is 7.97. The van der Waals surface area contributed by atoms with E-state index in [4.69, 9.17) is 25.8 Å². The molecule has 0 N–H and O–H groups in total. The molecule has 2 aromatic carbocycles. The lowest BCUT2D eigenvalue weighted by Gasteiger charge is -2.17. The molecule has 7 nitrogen and oxygen atoms in total. The first-order valence-electron chi connectivity index (χ1n) is 11.2. The van der Waals surface area contributed by atoms with E-state index in [9.17, 15) is 9.18 Å². The molecule has 1 saturated heterocycles. The minimum absolute atomic E-state index is 0.0522. The third-order valence-corrected chi connectivity index (χ3v) is 7.04. The maximum absolute atomic E-state index is 14.0. The molecule has 3 aromatic rings. The third kappa shape index (κ3) is 5.46. The van der Waals surface area contributed by atoms with Crippen LogP contribution in [-0.4, -0.2) is 49.8 Å².